The fourth-order valence-electron chi connectivity index (χ4n) is 2.74. The summed E-state index contributed by atoms with van der Waals surface area (Å²) < 4.78 is 13.6. The molecule has 19 heavy (non-hydrogen) atoms. The minimum absolute atomic E-state index is 0.0446. The van der Waals surface area contributed by atoms with E-state index in [1.807, 2.05) is 6.92 Å². The lowest BCUT2D eigenvalue weighted by Crippen LogP contribution is -2.33. The fraction of sp³-hybridized carbons (Fsp3) is 0.500. The number of rotatable bonds is 4. The lowest BCUT2D eigenvalue weighted by atomic mass is 9.76. The van der Waals surface area contributed by atoms with Crippen LogP contribution >= 0.6 is 23.2 Å². The molecule has 0 radical (unpaired) electrons. The van der Waals surface area contributed by atoms with Crippen molar-refractivity contribution in [3.05, 3.63) is 33.6 Å². The molecule has 2 rings (SSSR count). The molecule has 0 saturated carbocycles. The highest BCUT2D eigenvalue weighted by Crippen LogP contribution is 2.36. The van der Waals surface area contributed by atoms with Gasteiger partial charge in [0, 0.05) is 17.5 Å². The third-order valence-corrected chi connectivity index (χ3v) is 4.48. The third-order valence-electron chi connectivity index (χ3n) is 3.70. The van der Waals surface area contributed by atoms with Crippen LogP contribution in [0.1, 0.15) is 36.5 Å². The summed E-state index contributed by atoms with van der Waals surface area (Å²) in [5.74, 6) is -0.688. The number of ketones is 1. The van der Waals surface area contributed by atoms with Crippen molar-refractivity contribution in [2.45, 2.75) is 26.2 Å². The van der Waals surface area contributed by atoms with E-state index in [1.54, 1.807) is 0 Å². The van der Waals surface area contributed by atoms with Gasteiger partial charge in [-0.3, -0.25) is 4.79 Å². The van der Waals surface area contributed by atoms with Crippen LogP contribution in [0.2, 0.25) is 10.0 Å². The van der Waals surface area contributed by atoms with Gasteiger partial charge in [0.15, 0.2) is 5.78 Å². The van der Waals surface area contributed by atoms with E-state index in [2.05, 4.69) is 5.32 Å². The molecule has 1 aromatic rings. The maximum Gasteiger partial charge on any atom is 0.170 e. The van der Waals surface area contributed by atoms with Crippen molar-refractivity contribution in [3.63, 3.8) is 0 Å². The molecular formula is C14H16Cl2FNO. The van der Waals surface area contributed by atoms with Gasteiger partial charge in [-0.2, -0.15) is 0 Å². The van der Waals surface area contributed by atoms with Crippen LogP contribution in [-0.4, -0.2) is 18.9 Å². The molecule has 5 heteroatoms. The molecule has 1 fully saturated rings. The SMILES string of the molecule is CCC[C@@]1(C(=O)c2cc(F)c(Cl)c(Cl)c2)CCNC1. The van der Waals surface area contributed by atoms with Crippen LogP contribution in [0.25, 0.3) is 0 Å². The average Bonchev–Trinajstić information content (AvgIpc) is 2.84. The Bertz CT molecular complexity index is 475. The van der Waals surface area contributed by atoms with Crippen LogP contribution in [0.15, 0.2) is 12.1 Å². The first-order valence-corrected chi connectivity index (χ1v) is 7.16. The second-order valence-corrected chi connectivity index (χ2v) is 5.83. The summed E-state index contributed by atoms with van der Waals surface area (Å²) in [6, 6.07) is 2.65. The Balaban J connectivity index is 2.37. The van der Waals surface area contributed by atoms with Crippen molar-refractivity contribution in [1.29, 1.82) is 0 Å². The summed E-state index contributed by atoms with van der Waals surface area (Å²) in [4.78, 5) is 12.7. The van der Waals surface area contributed by atoms with E-state index in [1.165, 1.54) is 12.1 Å². The van der Waals surface area contributed by atoms with E-state index in [9.17, 15) is 9.18 Å². The van der Waals surface area contributed by atoms with Crippen LogP contribution in [0.4, 0.5) is 4.39 Å². The van der Waals surface area contributed by atoms with E-state index < -0.39 is 11.2 Å². The predicted molar refractivity (Wildman–Crippen MR) is 75.6 cm³/mol. The van der Waals surface area contributed by atoms with Gasteiger partial charge in [-0.25, -0.2) is 4.39 Å². The monoisotopic (exact) mass is 303 g/mol. The van der Waals surface area contributed by atoms with E-state index in [0.717, 1.165) is 25.8 Å². The molecule has 1 saturated heterocycles. The zero-order valence-electron chi connectivity index (χ0n) is 10.7. The molecule has 1 heterocycles. The van der Waals surface area contributed by atoms with Gasteiger partial charge in [0.25, 0.3) is 0 Å². The first-order valence-electron chi connectivity index (χ1n) is 6.40. The molecule has 104 valence electrons. The Morgan fingerprint density at radius 1 is 1.47 bits per heavy atom. The second-order valence-electron chi connectivity index (χ2n) is 5.04. The summed E-state index contributed by atoms with van der Waals surface area (Å²) in [6.07, 6.45) is 2.49. The van der Waals surface area contributed by atoms with E-state index >= 15 is 0 Å². The van der Waals surface area contributed by atoms with Crippen molar-refractivity contribution in [2.75, 3.05) is 13.1 Å². The smallest absolute Gasteiger partial charge is 0.170 e. The zero-order chi connectivity index (χ0) is 14.0. The van der Waals surface area contributed by atoms with Crippen LogP contribution in [0, 0.1) is 11.2 Å². The van der Waals surface area contributed by atoms with Crippen molar-refractivity contribution in [2.24, 2.45) is 5.41 Å². The summed E-state index contributed by atoms with van der Waals surface area (Å²) in [5, 5.41) is 3.17. The number of nitrogens with one attached hydrogen (secondary N) is 1. The Morgan fingerprint density at radius 2 is 2.21 bits per heavy atom. The number of hydrogen-bond donors (Lipinski definition) is 1. The Kier molecular flexibility index (Phi) is 4.49. The molecule has 1 aromatic carbocycles. The normalized spacial score (nSPS) is 22.7. The Hall–Kier alpha value is -0.640. The first-order chi connectivity index (χ1) is 9.00. The number of carbonyl (C=O) groups excluding carboxylic acids is 1. The maximum atomic E-state index is 13.6. The van der Waals surface area contributed by atoms with E-state index in [0.29, 0.717) is 12.1 Å². The number of halogens is 3. The lowest BCUT2D eigenvalue weighted by molar-refractivity contribution is 0.0801. The molecule has 0 spiro atoms. The second kappa shape index (κ2) is 5.78. The van der Waals surface area contributed by atoms with Crippen molar-refractivity contribution in [1.82, 2.24) is 5.32 Å². The fourth-order valence-corrected chi connectivity index (χ4v) is 3.05. The molecule has 0 aliphatic carbocycles. The summed E-state index contributed by atoms with van der Waals surface area (Å²) in [5.41, 5.74) is -0.123. The van der Waals surface area contributed by atoms with Gasteiger partial charge in [0.2, 0.25) is 0 Å². The number of benzene rings is 1. The molecule has 1 aliphatic rings. The molecule has 0 unspecified atom stereocenters. The van der Waals surface area contributed by atoms with Gasteiger partial charge in [0.05, 0.1) is 10.0 Å². The van der Waals surface area contributed by atoms with Gasteiger partial charge < -0.3 is 5.32 Å². The summed E-state index contributed by atoms with van der Waals surface area (Å²) in [6.45, 7) is 3.50. The van der Waals surface area contributed by atoms with Crippen LogP contribution in [-0.2, 0) is 0 Å². The van der Waals surface area contributed by atoms with Crippen molar-refractivity contribution in [3.8, 4) is 0 Å². The zero-order valence-corrected chi connectivity index (χ0v) is 12.2. The Morgan fingerprint density at radius 3 is 2.74 bits per heavy atom. The van der Waals surface area contributed by atoms with Crippen LogP contribution in [0.5, 0.6) is 0 Å². The molecule has 0 amide bonds. The molecular weight excluding hydrogens is 288 g/mol. The predicted octanol–water partition coefficient (Wildman–Crippen LogP) is 4.10. The summed E-state index contributed by atoms with van der Waals surface area (Å²) in [7, 11) is 0. The minimum atomic E-state index is -0.643. The van der Waals surface area contributed by atoms with E-state index in [4.69, 9.17) is 23.2 Å². The lowest BCUT2D eigenvalue weighted by Gasteiger charge is -2.26. The molecule has 1 atom stereocenters. The summed E-state index contributed by atoms with van der Waals surface area (Å²) >= 11 is 11.5. The number of carbonyl (C=O) groups is 1. The van der Waals surface area contributed by atoms with Crippen molar-refractivity contribution >= 4 is 29.0 Å². The standard InChI is InChI=1S/C14H16Cl2FNO/c1-2-3-14(4-5-18-8-14)13(19)9-6-10(15)12(16)11(17)7-9/h6-7,18H,2-5,8H2,1H3/t14-/m1/s1. The highest BCUT2D eigenvalue weighted by molar-refractivity contribution is 6.42. The quantitative estimate of drug-likeness (QED) is 0.670. The van der Waals surface area contributed by atoms with Gasteiger partial charge in [-0.1, -0.05) is 36.5 Å². The molecule has 1 N–H and O–H groups in total. The van der Waals surface area contributed by atoms with E-state index in [-0.39, 0.29) is 15.8 Å². The van der Waals surface area contributed by atoms with Crippen LogP contribution in [0.3, 0.4) is 0 Å². The molecule has 2 nitrogen and oxygen atoms in total. The first kappa shape index (κ1) is 14.8. The molecule has 0 bridgehead atoms. The largest absolute Gasteiger partial charge is 0.316 e. The van der Waals surface area contributed by atoms with Crippen molar-refractivity contribution < 1.29 is 9.18 Å². The van der Waals surface area contributed by atoms with Gasteiger partial charge in [-0.15, -0.1) is 0 Å². The molecule has 0 aromatic heterocycles. The highest BCUT2D eigenvalue weighted by atomic mass is 35.5. The minimum Gasteiger partial charge on any atom is -0.316 e. The maximum absolute atomic E-state index is 13.6. The Labute approximate surface area is 122 Å². The van der Waals surface area contributed by atoms with Crippen LogP contribution < -0.4 is 5.32 Å². The van der Waals surface area contributed by atoms with Gasteiger partial charge >= 0.3 is 0 Å². The topological polar surface area (TPSA) is 29.1 Å². The highest BCUT2D eigenvalue weighted by Gasteiger charge is 2.40. The molecule has 1 aliphatic heterocycles. The van der Waals surface area contributed by atoms with Gasteiger partial charge in [-0.05, 0) is 31.5 Å². The van der Waals surface area contributed by atoms with Gasteiger partial charge in [0.1, 0.15) is 5.82 Å². The average molecular weight is 304 g/mol. The number of hydrogen-bond acceptors (Lipinski definition) is 2. The third kappa shape index (κ3) is 2.78. The number of Topliss-reactive ketones (excluding diaryl/α,β-unsaturated/α-hetero) is 1.